The standard InChI is InChI=1S/C17H18F2N4O3/c1-9(2)25-15(24)13-10(3)22-17-20-8-21-23(17)14(13)11-4-6-12(7-5-11)26-16(18)19/h4-9,14,16H,1-3H3,(H,20,21,22)/t14-/m0/s1. The second-order valence-corrected chi connectivity index (χ2v) is 6.00. The van der Waals surface area contributed by atoms with E-state index < -0.39 is 18.6 Å². The van der Waals surface area contributed by atoms with Crippen molar-refractivity contribution in [1.82, 2.24) is 14.8 Å². The molecule has 9 heteroatoms. The fourth-order valence-corrected chi connectivity index (χ4v) is 2.77. The number of halogens is 2. The number of carbonyl (C=O) groups excluding carboxylic acids is 1. The molecular formula is C17H18F2N4O3. The zero-order chi connectivity index (χ0) is 18.8. The Morgan fingerprint density at radius 3 is 2.58 bits per heavy atom. The van der Waals surface area contributed by atoms with Crippen LogP contribution in [0.4, 0.5) is 14.7 Å². The smallest absolute Gasteiger partial charge is 0.387 e. The van der Waals surface area contributed by atoms with E-state index in [0.29, 0.717) is 22.8 Å². The number of hydrogen-bond donors (Lipinski definition) is 1. The number of alkyl halides is 2. The summed E-state index contributed by atoms with van der Waals surface area (Å²) < 4.78 is 36.0. The van der Waals surface area contributed by atoms with Gasteiger partial charge in [0.1, 0.15) is 18.1 Å². The highest BCUT2D eigenvalue weighted by atomic mass is 19.3. The quantitative estimate of drug-likeness (QED) is 0.822. The number of allylic oxidation sites excluding steroid dienone is 1. The Labute approximate surface area is 148 Å². The van der Waals surface area contributed by atoms with Crippen LogP contribution in [0.5, 0.6) is 5.75 Å². The molecule has 0 saturated heterocycles. The Morgan fingerprint density at radius 2 is 1.96 bits per heavy atom. The normalized spacial score (nSPS) is 16.5. The van der Waals surface area contributed by atoms with Gasteiger partial charge in [0.2, 0.25) is 5.95 Å². The van der Waals surface area contributed by atoms with Crippen LogP contribution in [0.1, 0.15) is 32.4 Å². The molecule has 0 aliphatic carbocycles. The van der Waals surface area contributed by atoms with E-state index in [2.05, 4.69) is 20.1 Å². The second kappa shape index (κ2) is 7.11. The number of anilines is 1. The molecule has 138 valence electrons. The molecule has 0 bridgehead atoms. The molecule has 1 aliphatic rings. The summed E-state index contributed by atoms with van der Waals surface area (Å²) in [5, 5.41) is 7.21. The minimum absolute atomic E-state index is 0.0310. The molecule has 1 N–H and O–H groups in total. The van der Waals surface area contributed by atoms with Crippen molar-refractivity contribution in [2.75, 3.05) is 5.32 Å². The van der Waals surface area contributed by atoms with Gasteiger partial charge in [-0.05, 0) is 38.5 Å². The summed E-state index contributed by atoms with van der Waals surface area (Å²) in [5.41, 5.74) is 1.63. The van der Waals surface area contributed by atoms with Gasteiger partial charge in [0, 0.05) is 5.70 Å². The first kappa shape index (κ1) is 17.8. The van der Waals surface area contributed by atoms with Crippen LogP contribution in [-0.2, 0) is 9.53 Å². The van der Waals surface area contributed by atoms with Gasteiger partial charge < -0.3 is 14.8 Å². The van der Waals surface area contributed by atoms with Crippen molar-refractivity contribution in [2.45, 2.75) is 39.5 Å². The molecule has 1 aromatic heterocycles. The van der Waals surface area contributed by atoms with Crippen molar-refractivity contribution in [1.29, 1.82) is 0 Å². The number of benzene rings is 1. The predicted octanol–water partition coefficient (Wildman–Crippen LogP) is 3.12. The van der Waals surface area contributed by atoms with Crippen LogP contribution in [-0.4, -0.2) is 33.4 Å². The minimum Gasteiger partial charge on any atom is -0.459 e. The van der Waals surface area contributed by atoms with Crippen molar-refractivity contribution < 1.29 is 23.0 Å². The van der Waals surface area contributed by atoms with Crippen molar-refractivity contribution in [3.05, 3.63) is 47.4 Å². The number of carbonyl (C=O) groups is 1. The maximum absolute atomic E-state index is 12.6. The average Bonchev–Trinajstić information content (AvgIpc) is 3.01. The number of hydrogen-bond acceptors (Lipinski definition) is 6. The monoisotopic (exact) mass is 364 g/mol. The van der Waals surface area contributed by atoms with E-state index >= 15 is 0 Å². The minimum atomic E-state index is -2.90. The molecule has 1 atom stereocenters. The van der Waals surface area contributed by atoms with Crippen LogP contribution < -0.4 is 10.1 Å². The zero-order valence-corrected chi connectivity index (χ0v) is 14.4. The Hall–Kier alpha value is -2.97. The summed E-state index contributed by atoms with van der Waals surface area (Å²) >= 11 is 0. The predicted molar refractivity (Wildman–Crippen MR) is 88.8 cm³/mol. The highest BCUT2D eigenvalue weighted by Gasteiger charge is 2.34. The summed E-state index contributed by atoms with van der Waals surface area (Å²) in [6, 6.07) is 5.45. The average molecular weight is 364 g/mol. The van der Waals surface area contributed by atoms with E-state index in [1.807, 2.05) is 0 Å². The van der Waals surface area contributed by atoms with Gasteiger partial charge in [0.15, 0.2) is 0 Å². The molecule has 0 radical (unpaired) electrons. The van der Waals surface area contributed by atoms with E-state index in [1.165, 1.54) is 18.5 Å². The summed E-state index contributed by atoms with van der Waals surface area (Å²) in [6.07, 6.45) is 1.08. The van der Waals surface area contributed by atoms with Gasteiger partial charge in [-0.3, -0.25) is 0 Å². The van der Waals surface area contributed by atoms with Crippen molar-refractivity contribution in [3.8, 4) is 5.75 Å². The Kier molecular flexibility index (Phi) is 4.88. The first-order valence-electron chi connectivity index (χ1n) is 8.00. The fraction of sp³-hybridized carbons (Fsp3) is 0.353. The lowest BCUT2D eigenvalue weighted by molar-refractivity contribution is -0.143. The molecule has 1 aromatic carbocycles. The van der Waals surface area contributed by atoms with Crippen LogP contribution in [0.3, 0.4) is 0 Å². The number of nitrogens with one attached hydrogen (secondary N) is 1. The molecule has 7 nitrogen and oxygen atoms in total. The maximum Gasteiger partial charge on any atom is 0.387 e. The molecule has 0 spiro atoms. The van der Waals surface area contributed by atoms with Gasteiger partial charge >= 0.3 is 12.6 Å². The third kappa shape index (κ3) is 3.51. The van der Waals surface area contributed by atoms with Gasteiger partial charge in [-0.2, -0.15) is 18.9 Å². The van der Waals surface area contributed by atoms with Gasteiger partial charge in [-0.15, -0.1) is 0 Å². The van der Waals surface area contributed by atoms with Gasteiger partial charge in [0.05, 0.1) is 11.7 Å². The third-order valence-corrected chi connectivity index (χ3v) is 3.78. The molecule has 0 saturated carbocycles. The molecule has 0 fully saturated rings. The fourth-order valence-electron chi connectivity index (χ4n) is 2.77. The van der Waals surface area contributed by atoms with Gasteiger partial charge in [-0.25, -0.2) is 9.48 Å². The van der Waals surface area contributed by atoms with Crippen molar-refractivity contribution >= 4 is 11.9 Å². The number of fused-ring (bicyclic) bond motifs is 1. The van der Waals surface area contributed by atoms with Crippen LogP contribution in [0.2, 0.25) is 0 Å². The Bertz CT molecular complexity index is 831. The van der Waals surface area contributed by atoms with Crippen molar-refractivity contribution in [3.63, 3.8) is 0 Å². The van der Waals surface area contributed by atoms with E-state index in [4.69, 9.17) is 4.74 Å². The number of rotatable bonds is 5. The van der Waals surface area contributed by atoms with Crippen LogP contribution in [0.15, 0.2) is 41.9 Å². The zero-order valence-electron chi connectivity index (χ0n) is 14.4. The first-order chi connectivity index (χ1) is 12.4. The molecule has 3 rings (SSSR count). The number of esters is 1. The summed E-state index contributed by atoms with van der Waals surface area (Å²) in [4.78, 5) is 16.8. The number of aromatic nitrogens is 3. The number of nitrogens with zero attached hydrogens (tertiary/aromatic N) is 3. The molecule has 0 amide bonds. The van der Waals surface area contributed by atoms with Gasteiger partial charge in [-0.1, -0.05) is 12.1 Å². The first-order valence-corrected chi connectivity index (χ1v) is 8.00. The molecule has 1 aliphatic heterocycles. The molecule has 2 aromatic rings. The molecule has 26 heavy (non-hydrogen) atoms. The highest BCUT2D eigenvalue weighted by molar-refractivity contribution is 5.92. The summed E-state index contributed by atoms with van der Waals surface area (Å²) in [7, 11) is 0. The SMILES string of the molecule is CC1=C(C(=O)OC(C)C)[C@H](c2ccc(OC(F)F)cc2)n2ncnc2N1. The lowest BCUT2D eigenvalue weighted by Crippen LogP contribution is -2.30. The lowest BCUT2D eigenvalue weighted by atomic mass is 9.95. The largest absolute Gasteiger partial charge is 0.459 e. The second-order valence-electron chi connectivity index (χ2n) is 6.00. The summed E-state index contributed by atoms with van der Waals surface area (Å²) in [5.74, 6) is 0.0223. The summed E-state index contributed by atoms with van der Waals surface area (Å²) in [6.45, 7) is 2.36. The highest BCUT2D eigenvalue weighted by Crippen LogP contribution is 2.36. The van der Waals surface area contributed by atoms with Crippen molar-refractivity contribution in [2.24, 2.45) is 0 Å². The Balaban J connectivity index is 2.02. The topological polar surface area (TPSA) is 78.3 Å². The Morgan fingerprint density at radius 1 is 1.27 bits per heavy atom. The maximum atomic E-state index is 12.6. The van der Waals surface area contributed by atoms with Gasteiger partial charge in [0.25, 0.3) is 0 Å². The lowest BCUT2D eigenvalue weighted by Gasteiger charge is -2.28. The molecule has 0 unspecified atom stereocenters. The number of ether oxygens (including phenoxy) is 2. The molecular weight excluding hydrogens is 346 g/mol. The van der Waals surface area contributed by atoms with E-state index in [1.54, 1.807) is 37.6 Å². The van der Waals surface area contributed by atoms with E-state index in [0.717, 1.165) is 0 Å². The third-order valence-electron chi connectivity index (χ3n) is 3.78. The van der Waals surface area contributed by atoms with E-state index in [-0.39, 0.29) is 11.9 Å². The van der Waals surface area contributed by atoms with Crippen LogP contribution >= 0.6 is 0 Å². The molecule has 2 heterocycles. The van der Waals surface area contributed by atoms with E-state index in [9.17, 15) is 13.6 Å². The van der Waals surface area contributed by atoms with Crippen LogP contribution in [0.25, 0.3) is 0 Å². The van der Waals surface area contributed by atoms with Crippen LogP contribution in [0, 0.1) is 0 Å².